The Morgan fingerprint density at radius 1 is 1.00 bits per heavy atom. The van der Waals surface area contributed by atoms with Crippen LogP contribution in [0.2, 0.25) is 0 Å². The first-order chi connectivity index (χ1) is 10.4. The quantitative estimate of drug-likeness (QED) is 0.459. The fourth-order valence-electron chi connectivity index (χ4n) is 2.67. The van der Waals surface area contributed by atoms with Gasteiger partial charge in [0.05, 0.1) is 18.9 Å². The van der Waals surface area contributed by atoms with E-state index in [0.717, 1.165) is 26.1 Å². The highest BCUT2D eigenvalue weighted by molar-refractivity contribution is 5.59. The SMILES string of the molecule is CCCN(CC)CCOCCN(C)c1c(C(C)C)c(=O)c1=O. The Morgan fingerprint density at radius 2 is 1.64 bits per heavy atom. The van der Waals surface area contributed by atoms with Crippen LogP contribution in [0.25, 0.3) is 0 Å². The van der Waals surface area contributed by atoms with E-state index in [-0.39, 0.29) is 16.8 Å². The first-order valence-corrected chi connectivity index (χ1v) is 8.28. The second kappa shape index (κ2) is 9.06. The fourth-order valence-corrected chi connectivity index (χ4v) is 2.67. The molecule has 0 fully saturated rings. The molecule has 0 aromatic heterocycles. The van der Waals surface area contributed by atoms with Crippen LogP contribution >= 0.6 is 0 Å². The van der Waals surface area contributed by atoms with Gasteiger partial charge < -0.3 is 14.5 Å². The van der Waals surface area contributed by atoms with Crippen molar-refractivity contribution in [2.24, 2.45) is 0 Å². The largest absolute Gasteiger partial charge is 0.378 e. The summed E-state index contributed by atoms with van der Waals surface area (Å²) in [5, 5.41) is 0. The molecule has 0 unspecified atom stereocenters. The maximum Gasteiger partial charge on any atom is 0.249 e. The Labute approximate surface area is 133 Å². The van der Waals surface area contributed by atoms with E-state index in [0.29, 0.717) is 31.0 Å². The molecule has 0 radical (unpaired) electrons. The molecule has 0 heterocycles. The summed E-state index contributed by atoms with van der Waals surface area (Å²) >= 11 is 0. The highest BCUT2D eigenvalue weighted by atomic mass is 16.5. The Kier molecular flexibility index (Phi) is 7.76. The van der Waals surface area contributed by atoms with Gasteiger partial charge in [-0.25, -0.2) is 0 Å². The highest BCUT2D eigenvalue weighted by Crippen LogP contribution is 2.21. The minimum atomic E-state index is -0.355. The monoisotopic (exact) mass is 310 g/mol. The van der Waals surface area contributed by atoms with Crippen molar-refractivity contribution < 1.29 is 4.74 Å². The summed E-state index contributed by atoms with van der Waals surface area (Å²) in [7, 11) is 1.85. The lowest BCUT2D eigenvalue weighted by molar-refractivity contribution is 0.110. The Balaban J connectivity index is 2.36. The lowest BCUT2D eigenvalue weighted by Gasteiger charge is -2.25. The molecule has 5 heteroatoms. The van der Waals surface area contributed by atoms with E-state index in [2.05, 4.69) is 18.7 Å². The first-order valence-electron chi connectivity index (χ1n) is 8.28. The van der Waals surface area contributed by atoms with Gasteiger partial charge in [-0.1, -0.05) is 27.7 Å². The summed E-state index contributed by atoms with van der Waals surface area (Å²) < 4.78 is 5.66. The van der Waals surface area contributed by atoms with Crippen LogP contribution < -0.4 is 15.8 Å². The molecule has 0 amide bonds. The van der Waals surface area contributed by atoms with Crippen molar-refractivity contribution in [2.75, 3.05) is 51.3 Å². The third-order valence-corrected chi connectivity index (χ3v) is 3.99. The first kappa shape index (κ1) is 18.8. The van der Waals surface area contributed by atoms with E-state index in [1.54, 1.807) is 0 Å². The summed E-state index contributed by atoms with van der Waals surface area (Å²) in [6.45, 7) is 13.2. The fraction of sp³-hybridized carbons (Fsp3) is 0.765. The molecule has 0 atom stereocenters. The number of hydrogen-bond acceptors (Lipinski definition) is 5. The standard InChI is InChI=1S/C17H30N2O3/c1-6-8-19(7-2)10-12-22-11-9-18(5)15-14(13(3)4)16(20)17(15)21/h13H,6-12H2,1-5H3. The van der Waals surface area contributed by atoms with Crippen molar-refractivity contribution in [3.05, 3.63) is 26.0 Å². The number of likely N-dealkylation sites (N-methyl/N-ethyl adjacent to an activating group) is 2. The predicted molar refractivity (Wildman–Crippen MR) is 91.9 cm³/mol. The number of rotatable bonds is 11. The van der Waals surface area contributed by atoms with Crippen LogP contribution in [0.3, 0.4) is 0 Å². The van der Waals surface area contributed by atoms with Crippen molar-refractivity contribution in [1.82, 2.24) is 4.90 Å². The second-order valence-corrected chi connectivity index (χ2v) is 6.04. The highest BCUT2D eigenvalue weighted by Gasteiger charge is 2.25. The van der Waals surface area contributed by atoms with Crippen LogP contribution in [-0.4, -0.2) is 51.3 Å². The van der Waals surface area contributed by atoms with Gasteiger partial charge in [-0.2, -0.15) is 0 Å². The molecule has 1 aromatic rings. The molecule has 0 aliphatic heterocycles. The summed E-state index contributed by atoms with van der Waals surface area (Å²) in [5.41, 5.74) is 0.555. The van der Waals surface area contributed by atoms with Crippen LogP contribution in [0.5, 0.6) is 0 Å². The maximum absolute atomic E-state index is 11.7. The number of ether oxygens (including phenoxy) is 1. The second-order valence-electron chi connectivity index (χ2n) is 6.04. The molecule has 1 aromatic carbocycles. The van der Waals surface area contributed by atoms with Crippen molar-refractivity contribution in [3.63, 3.8) is 0 Å². The van der Waals surface area contributed by atoms with Gasteiger partial charge in [0.15, 0.2) is 0 Å². The summed E-state index contributed by atoms with van der Waals surface area (Å²) in [6.07, 6.45) is 1.15. The molecule has 0 aliphatic carbocycles. The van der Waals surface area contributed by atoms with E-state index >= 15 is 0 Å². The lowest BCUT2D eigenvalue weighted by atomic mass is 9.95. The Hall–Kier alpha value is -1.20. The third-order valence-electron chi connectivity index (χ3n) is 3.99. The van der Waals surface area contributed by atoms with Crippen LogP contribution in [0.4, 0.5) is 5.69 Å². The number of hydrogen-bond donors (Lipinski definition) is 0. The van der Waals surface area contributed by atoms with Crippen molar-refractivity contribution in [2.45, 2.75) is 40.0 Å². The van der Waals surface area contributed by atoms with Gasteiger partial charge in [0.25, 0.3) is 0 Å². The predicted octanol–water partition coefficient (Wildman–Crippen LogP) is 1.59. The van der Waals surface area contributed by atoms with Crippen LogP contribution in [0, 0.1) is 0 Å². The van der Waals surface area contributed by atoms with E-state index in [9.17, 15) is 9.59 Å². The summed E-state index contributed by atoms with van der Waals surface area (Å²) in [4.78, 5) is 27.5. The zero-order valence-electron chi connectivity index (χ0n) is 14.6. The van der Waals surface area contributed by atoms with E-state index in [1.165, 1.54) is 0 Å². The smallest absolute Gasteiger partial charge is 0.249 e. The van der Waals surface area contributed by atoms with Crippen LogP contribution in [0.15, 0.2) is 9.59 Å². The molecular weight excluding hydrogens is 280 g/mol. The van der Waals surface area contributed by atoms with Gasteiger partial charge in [0.2, 0.25) is 10.9 Å². The molecule has 0 spiro atoms. The topological polar surface area (TPSA) is 49.9 Å². The van der Waals surface area contributed by atoms with Gasteiger partial charge >= 0.3 is 0 Å². The van der Waals surface area contributed by atoms with Gasteiger partial charge in [0, 0.05) is 25.7 Å². The average Bonchev–Trinajstić information content (AvgIpc) is 2.49. The molecule has 0 aliphatic rings. The van der Waals surface area contributed by atoms with E-state index in [1.807, 2.05) is 25.8 Å². The van der Waals surface area contributed by atoms with Gasteiger partial charge in [0.1, 0.15) is 0 Å². The van der Waals surface area contributed by atoms with Crippen molar-refractivity contribution in [1.29, 1.82) is 0 Å². The molecule has 5 nitrogen and oxygen atoms in total. The van der Waals surface area contributed by atoms with E-state index < -0.39 is 0 Å². The molecule has 0 bridgehead atoms. The minimum absolute atomic E-state index is 0.0933. The van der Waals surface area contributed by atoms with Gasteiger partial charge in [-0.05, 0) is 25.4 Å². The van der Waals surface area contributed by atoms with Crippen molar-refractivity contribution >= 4 is 5.69 Å². The van der Waals surface area contributed by atoms with Crippen molar-refractivity contribution in [3.8, 4) is 0 Å². The lowest BCUT2D eigenvalue weighted by Crippen LogP contribution is -2.43. The zero-order chi connectivity index (χ0) is 16.7. The van der Waals surface area contributed by atoms with E-state index in [4.69, 9.17) is 4.74 Å². The third kappa shape index (κ3) is 4.65. The molecular formula is C17H30N2O3. The molecule has 0 saturated carbocycles. The maximum atomic E-state index is 11.7. The van der Waals surface area contributed by atoms with Crippen LogP contribution in [0.1, 0.15) is 45.6 Å². The number of nitrogens with zero attached hydrogens (tertiary/aromatic N) is 2. The molecule has 126 valence electrons. The zero-order valence-corrected chi connectivity index (χ0v) is 14.6. The average molecular weight is 310 g/mol. The molecule has 22 heavy (non-hydrogen) atoms. The summed E-state index contributed by atoms with van der Waals surface area (Å²) in [5.74, 6) is 0.0933. The van der Waals surface area contributed by atoms with Crippen LogP contribution in [-0.2, 0) is 4.74 Å². The number of anilines is 1. The van der Waals surface area contributed by atoms with Gasteiger partial charge in [-0.3, -0.25) is 9.59 Å². The molecule has 0 N–H and O–H groups in total. The Bertz CT molecular complexity index is 518. The normalized spacial score (nSPS) is 11.8. The molecule has 1 rings (SSSR count). The van der Waals surface area contributed by atoms with Gasteiger partial charge in [-0.15, -0.1) is 0 Å². The Morgan fingerprint density at radius 3 is 2.18 bits per heavy atom. The summed E-state index contributed by atoms with van der Waals surface area (Å²) in [6, 6.07) is 0. The minimum Gasteiger partial charge on any atom is -0.378 e. The molecule has 0 saturated heterocycles.